The van der Waals surface area contributed by atoms with E-state index < -0.39 is 0 Å². The molecule has 3 rings (SSSR count). The number of aromatic nitrogens is 2. The van der Waals surface area contributed by atoms with Gasteiger partial charge in [-0.25, -0.2) is 4.39 Å². The topological polar surface area (TPSA) is 68.0 Å². The van der Waals surface area contributed by atoms with Crippen LogP contribution in [-0.2, 0) is 17.8 Å². The van der Waals surface area contributed by atoms with Crippen molar-refractivity contribution in [1.29, 1.82) is 0 Å². The van der Waals surface area contributed by atoms with Gasteiger partial charge in [0, 0.05) is 13.0 Å². The predicted octanol–water partition coefficient (Wildman–Crippen LogP) is 4.27. The van der Waals surface area contributed by atoms with E-state index in [1.165, 1.54) is 23.4 Å². The zero-order valence-electron chi connectivity index (χ0n) is 15.8. The van der Waals surface area contributed by atoms with Crippen LogP contribution in [-0.4, -0.2) is 21.9 Å². The molecule has 5 nitrogen and oxygen atoms in total. The summed E-state index contributed by atoms with van der Waals surface area (Å²) in [6.45, 7) is 4.16. The highest BCUT2D eigenvalue weighted by Crippen LogP contribution is 2.22. The highest BCUT2D eigenvalue weighted by Gasteiger charge is 2.13. The van der Waals surface area contributed by atoms with Gasteiger partial charge in [0.25, 0.3) is 5.22 Å². The number of hydrogen-bond acceptors (Lipinski definition) is 5. The van der Waals surface area contributed by atoms with Crippen molar-refractivity contribution in [3.8, 4) is 0 Å². The first-order valence-corrected chi connectivity index (χ1v) is 10.0. The maximum atomic E-state index is 13.3. The van der Waals surface area contributed by atoms with Gasteiger partial charge in [0.05, 0.1) is 5.75 Å². The van der Waals surface area contributed by atoms with Crippen molar-refractivity contribution >= 4 is 17.7 Å². The number of aryl methyl sites for hydroxylation is 1. The normalized spacial score (nSPS) is 12.0. The zero-order valence-corrected chi connectivity index (χ0v) is 16.6. The molecule has 0 spiro atoms. The lowest BCUT2D eigenvalue weighted by Crippen LogP contribution is -2.24. The van der Waals surface area contributed by atoms with Gasteiger partial charge in [-0.05, 0) is 35.6 Å². The molecule has 1 atom stereocenters. The molecule has 1 heterocycles. The largest absolute Gasteiger partial charge is 0.416 e. The van der Waals surface area contributed by atoms with Crippen molar-refractivity contribution in [1.82, 2.24) is 15.5 Å². The highest BCUT2D eigenvalue weighted by molar-refractivity contribution is 7.99. The lowest BCUT2D eigenvalue weighted by Gasteiger charge is -2.08. The molecule has 0 fully saturated rings. The summed E-state index contributed by atoms with van der Waals surface area (Å²) < 4.78 is 18.9. The molecule has 0 aliphatic rings. The molecule has 0 radical (unpaired) electrons. The number of rotatable bonds is 8. The van der Waals surface area contributed by atoms with E-state index in [4.69, 9.17) is 4.42 Å². The van der Waals surface area contributed by atoms with Crippen LogP contribution in [0.5, 0.6) is 0 Å². The van der Waals surface area contributed by atoms with E-state index in [1.54, 1.807) is 19.1 Å². The fourth-order valence-corrected chi connectivity index (χ4v) is 3.35. The van der Waals surface area contributed by atoms with Crippen LogP contribution in [0.25, 0.3) is 0 Å². The number of carbonyl (C=O) groups excluding carboxylic acids is 1. The Labute approximate surface area is 167 Å². The number of carbonyl (C=O) groups is 1. The fourth-order valence-electron chi connectivity index (χ4n) is 2.74. The summed E-state index contributed by atoms with van der Waals surface area (Å²) in [5.41, 5.74) is 2.63. The lowest BCUT2D eigenvalue weighted by molar-refractivity contribution is -0.118. The van der Waals surface area contributed by atoms with Crippen molar-refractivity contribution in [2.45, 2.75) is 38.0 Å². The minimum atomic E-state index is -0.251. The molecule has 0 aliphatic heterocycles. The molecule has 1 unspecified atom stereocenters. The third kappa shape index (κ3) is 5.66. The second kappa shape index (κ2) is 9.50. The molecule has 146 valence electrons. The van der Waals surface area contributed by atoms with Crippen LogP contribution in [0.4, 0.5) is 4.39 Å². The van der Waals surface area contributed by atoms with Crippen molar-refractivity contribution in [3.63, 3.8) is 0 Å². The van der Waals surface area contributed by atoms with Gasteiger partial charge in [0.2, 0.25) is 11.8 Å². The number of nitrogens with zero attached hydrogens (tertiary/aromatic N) is 2. The molecule has 1 aromatic heterocycles. The van der Waals surface area contributed by atoms with Gasteiger partial charge in [-0.15, -0.1) is 10.2 Å². The molecule has 2 aromatic carbocycles. The average Bonchev–Trinajstić information content (AvgIpc) is 3.15. The Kier molecular flexibility index (Phi) is 6.81. The summed E-state index contributed by atoms with van der Waals surface area (Å²) in [5.74, 6) is 0.600. The summed E-state index contributed by atoms with van der Waals surface area (Å²) in [4.78, 5) is 12.0. The first-order valence-electron chi connectivity index (χ1n) is 9.03. The fraction of sp³-hybridized carbons (Fsp3) is 0.286. The van der Waals surface area contributed by atoms with E-state index in [9.17, 15) is 9.18 Å². The molecule has 1 N–H and O–H groups in total. The van der Waals surface area contributed by atoms with Gasteiger partial charge < -0.3 is 9.73 Å². The van der Waals surface area contributed by atoms with Crippen molar-refractivity contribution in [2.75, 3.05) is 5.75 Å². The maximum absolute atomic E-state index is 13.3. The van der Waals surface area contributed by atoms with Crippen LogP contribution in [0.15, 0.2) is 58.2 Å². The molecule has 0 bridgehead atoms. The SMILES string of the molecule is Cc1cc(CNC(=O)CSc2nnc(CC(C)c3ccccc3)o2)ccc1F. The smallest absolute Gasteiger partial charge is 0.277 e. The second-order valence-corrected chi connectivity index (χ2v) is 7.55. The predicted molar refractivity (Wildman–Crippen MR) is 107 cm³/mol. The third-order valence-corrected chi connectivity index (χ3v) is 5.15. The Morgan fingerprint density at radius 1 is 1.21 bits per heavy atom. The number of nitrogens with one attached hydrogen (secondary N) is 1. The first kappa shape index (κ1) is 20.1. The Hall–Kier alpha value is -2.67. The zero-order chi connectivity index (χ0) is 19.9. The van der Waals surface area contributed by atoms with Gasteiger partial charge in [-0.2, -0.15) is 0 Å². The average molecular weight is 399 g/mol. The summed E-state index contributed by atoms with van der Waals surface area (Å²) in [7, 11) is 0. The summed E-state index contributed by atoms with van der Waals surface area (Å²) in [6.07, 6.45) is 0.647. The van der Waals surface area contributed by atoms with E-state index >= 15 is 0 Å². The first-order chi connectivity index (χ1) is 13.5. The van der Waals surface area contributed by atoms with Crippen LogP contribution in [0.1, 0.15) is 35.4 Å². The van der Waals surface area contributed by atoms with Crippen molar-refractivity contribution < 1.29 is 13.6 Å². The van der Waals surface area contributed by atoms with Crippen molar-refractivity contribution in [2.24, 2.45) is 0 Å². The monoisotopic (exact) mass is 399 g/mol. The van der Waals surface area contributed by atoms with E-state index in [-0.39, 0.29) is 23.4 Å². The molecule has 28 heavy (non-hydrogen) atoms. The Bertz CT molecular complexity index is 930. The Morgan fingerprint density at radius 2 is 2.00 bits per heavy atom. The van der Waals surface area contributed by atoms with Gasteiger partial charge in [0.15, 0.2) is 0 Å². The maximum Gasteiger partial charge on any atom is 0.277 e. The van der Waals surface area contributed by atoms with Gasteiger partial charge in [-0.1, -0.05) is 61.2 Å². The molecule has 7 heteroatoms. The number of amides is 1. The molecule has 0 saturated carbocycles. The number of thioether (sulfide) groups is 1. The number of halogens is 1. The second-order valence-electron chi connectivity index (χ2n) is 6.63. The summed E-state index contributed by atoms with van der Waals surface area (Å²) in [5, 5.41) is 11.2. The quantitative estimate of drug-likeness (QED) is 0.573. The van der Waals surface area contributed by atoms with E-state index in [1.807, 2.05) is 18.2 Å². The van der Waals surface area contributed by atoms with Gasteiger partial charge in [-0.3, -0.25) is 4.79 Å². The highest BCUT2D eigenvalue weighted by atomic mass is 32.2. The van der Waals surface area contributed by atoms with E-state index in [0.717, 1.165) is 5.56 Å². The van der Waals surface area contributed by atoms with Crippen molar-refractivity contribution in [3.05, 3.63) is 76.9 Å². The van der Waals surface area contributed by atoms with Gasteiger partial charge >= 0.3 is 0 Å². The Morgan fingerprint density at radius 3 is 2.75 bits per heavy atom. The minimum Gasteiger partial charge on any atom is -0.416 e. The molecule has 3 aromatic rings. The number of hydrogen-bond donors (Lipinski definition) is 1. The summed E-state index contributed by atoms with van der Waals surface area (Å²) >= 11 is 1.20. The third-order valence-electron chi connectivity index (χ3n) is 4.34. The van der Waals surface area contributed by atoms with E-state index in [0.29, 0.717) is 29.6 Å². The molecule has 0 saturated heterocycles. The van der Waals surface area contributed by atoms with Gasteiger partial charge in [0.1, 0.15) is 5.82 Å². The van der Waals surface area contributed by atoms with Crippen LogP contribution in [0, 0.1) is 12.7 Å². The summed E-state index contributed by atoms with van der Waals surface area (Å²) in [6, 6.07) is 14.9. The lowest BCUT2D eigenvalue weighted by atomic mass is 9.98. The van der Waals surface area contributed by atoms with E-state index in [2.05, 4.69) is 34.6 Å². The van der Waals surface area contributed by atoms with Crippen LogP contribution in [0.3, 0.4) is 0 Å². The molecule has 1 amide bonds. The van der Waals surface area contributed by atoms with Crippen LogP contribution >= 0.6 is 11.8 Å². The van der Waals surface area contributed by atoms with Crippen LogP contribution in [0.2, 0.25) is 0 Å². The van der Waals surface area contributed by atoms with Crippen LogP contribution < -0.4 is 5.32 Å². The standard InChI is InChI=1S/C21H22FN3O2S/c1-14(17-6-4-3-5-7-17)11-20-24-25-21(27-20)28-13-19(26)23-12-16-8-9-18(22)15(2)10-16/h3-10,14H,11-13H2,1-2H3,(H,23,26). The number of benzene rings is 2. The Balaban J connectivity index is 1.44. The minimum absolute atomic E-state index is 0.149. The molecular formula is C21H22FN3O2S. The molecular weight excluding hydrogens is 377 g/mol. The molecule has 0 aliphatic carbocycles.